The number of hydrogen-bond acceptors (Lipinski definition) is 5. The van der Waals surface area contributed by atoms with Crippen LogP contribution in [0.3, 0.4) is 0 Å². The van der Waals surface area contributed by atoms with Gasteiger partial charge in [-0.25, -0.2) is 0 Å². The maximum absolute atomic E-state index is 12.9. The van der Waals surface area contributed by atoms with Crippen molar-refractivity contribution in [2.75, 3.05) is 7.11 Å². The normalized spacial score (nSPS) is 13.8. The number of benzene rings is 3. The zero-order chi connectivity index (χ0) is 24.0. The number of fused-ring (bicyclic) bond motifs is 1. The largest absolute Gasteiger partial charge is 0.497 e. The molecule has 0 bridgehead atoms. The Bertz CT molecular complexity index is 1110. The van der Waals surface area contributed by atoms with Gasteiger partial charge in [0.25, 0.3) is 0 Å². The third-order valence-electron chi connectivity index (χ3n) is 5.84. The molecule has 0 aliphatic carbocycles. The highest BCUT2D eigenvalue weighted by Crippen LogP contribution is 2.35. The van der Waals surface area contributed by atoms with E-state index in [1.54, 1.807) is 14.0 Å². The summed E-state index contributed by atoms with van der Waals surface area (Å²) >= 11 is 0. The number of carbonyl (C=O) groups excluding carboxylic acids is 1. The molecule has 2 unspecified atom stereocenters. The highest BCUT2D eigenvalue weighted by Gasteiger charge is 2.25. The van der Waals surface area contributed by atoms with Crippen molar-refractivity contribution in [3.63, 3.8) is 0 Å². The van der Waals surface area contributed by atoms with Crippen LogP contribution in [0.15, 0.2) is 60.7 Å². The smallest absolute Gasteiger partial charge is 0.323 e. The van der Waals surface area contributed by atoms with Crippen molar-refractivity contribution in [1.82, 2.24) is 0 Å². The molecule has 33 heavy (non-hydrogen) atoms. The summed E-state index contributed by atoms with van der Waals surface area (Å²) in [6.07, 6.45) is 1.18. The number of carboxylic acids is 1. The van der Waals surface area contributed by atoms with Crippen LogP contribution in [-0.2, 0) is 20.7 Å². The van der Waals surface area contributed by atoms with E-state index >= 15 is 0 Å². The lowest BCUT2D eigenvalue weighted by atomic mass is 9.90. The summed E-state index contributed by atoms with van der Waals surface area (Å²) in [5, 5.41) is 11.3. The Kier molecular flexibility index (Phi) is 8.06. The van der Waals surface area contributed by atoms with E-state index in [9.17, 15) is 14.7 Å². The van der Waals surface area contributed by atoms with Crippen LogP contribution in [0.4, 0.5) is 0 Å². The first-order valence-electron chi connectivity index (χ1n) is 11.2. The molecule has 0 heterocycles. The lowest BCUT2D eigenvalue weighted by molar-refractivity contribution is -0.151. The Balaban J connectivity index is 1.99. The van der Waals surface area contributed by atoms with Crippen LogP contribution in [0.2, 0.25) is 0 Å². The van der Waals surface area contributed by atoms with Gasteiger partial charge in [-0.15, -0.1) is 0 Å². The molecule has 0 aliphatic rings. The second kappa shape index (κ2) is 11.0. The second-order valence-electron chi connectivity index (χ2n) is 8.27. The van der Waals surface area contributed by atoms with Gasteiger partial charge >= 0.3 is 11.9 Å². The van der Waals surface area contributed by atoms with Gasteiger partial charge in [0, 0.05) is 5.56 Å². The summed E-state index contributed by atoms with van der Waals surface area (Å²) in [4.78, 5) is 24.6. The van der Waals surface area contributed by atoms with Gasteiger partial charge in [0.2, 0.25) is 0 Å². The Morgan fingerprint density at radius 3 is 2.42 bits per heavy atom. The Morgan fingerprint density at radius 1 is 1.06 bits per heavy atom. The summed E-state index contributed by atoms with van der Waals surface area (Å²) in [5.41, 5.74) is 8.55. The quantitative estimate of drug-likeness (QED) is 0.423. The first kappa shape index (κ1) is 24.3. The zero-order valence-electron chi connectivity index (χ0n) is 19.3. The predicted molar refractivity (Wildman–Crippen MR) is 128 cm³/mol. The second-order valence-corrected chi connectivity index (χ2v) is 8.27. The summed E-state index contributed by atoms with van der Waals surface area (Å²) in [7, 11) is 1.59. The lowest BCUT2D eigenvalue weighted by Gasteiger charge is -2.23. The van der Waals surface area contributed by atoms with Gasteiger partial charge in [0.15, 0.2) is 0 Å². The molecule has 0 fully saturated rings. The summed E-state index contributed by atoms with van der Waals surface area (Å²) < 4.78 is 11.3. The standard InChI is InChI=1S/C27H31NO5/c1-4-8-25(33-27(31)24(28)13-18-9-6-5-7-10-18)23-15-20(17(2)26(29)30)14-19-11-12-21(32-3)16-22(19)23/h5-7,9-12,14-17,24-25H,4,8,13,28H2,1-3H3,(H,29,30)/t17?,24-,25?/m0/s1. The van der Waals surface area contributed by atoms with E-state index in [1.165, 1.54) is 0 Å². The van der Waals surface area contributed by atoms with Gasteiger partial charge in [-0.2, -0.15) is 0 Å². The average Bonchev–Trinajstić information content (AvgIpc) is 2.82. The molecular weight excluding hydrogens is 418 g/mol. The van der Waals surface area contributed by atoms with E-state index in [2.05, 4.69) is 0 Å². The van der Waals surface area contributed by atoms with E-state index in [4.69, 9.17) is 15.2 Å². The maximum atomic E-state index is 12.9. The van der Waals surface area contributed by atoms with Crippen molar-refractivity contribution in [2.24, 2.45) is 5.73 Å². The Labute approximate surface area is 194 Å². The summed E-state index contributed by atoms with van der Waals surface area (Å²) in [5.74, 6) is -1.42. The molecule has 3 aromatic rings. The number of carboxylic acid groups (broad SMARTS) is 1. The minimum atomic E-state index is -0.914. The van der Waals surface area contributed by atoms with Crippen molar-refractivity contribution in [1.29, 1.82) is 0 Å². The lowest BCUT2D eigenvalue weighted by Crippen LogP contribution is -2.35. The fourth-order valence-corrected chi connectivity index (χ4v) is 3.89. The number of rotatable bonds is 10. The van der Waals surface area contributed by atoms with E-state index in [0.717, 1.165) is 28.3 Å². The molecule has 0 aliphatic heterocycles. The number of hydrogen-bond donors (Lipinski definition) is 2. The third kappa shape index (κ3) is 5.90. The van der Waals surface area contributed by atoms with E-state index in [1.807, 2.05) is 67.6 Å². The first-order chi connectivity index (χ1) is 15.8. The van der Waals surface area contributed by atoms with E-state index in [-0.39, 0.29) is 0 Å². The van der Waals surface area contributed by atoms with Crippen molar-refractivity contribution < 1.29 is 24.2 Å². The molecule has 0 amide bonds. The van der Waals surface area contributed by atoms with Crippen molar-refractivity contribution in [2.45, 2.75) is 51.2 Å². The number of ether oxygens (including phenoxy) is 2. The zero-order valence-corrected chi connectivity index (χ0v) is 19.3. The monoisotopic (exact) mass is 449 g/mol. The van der Waals surface area contributed by atoms with Crippen molar-refractivity contribution in [3.05, 3.63) is 77.4 Å². The topological polar surface area (TPSA) is 98.9 Å². The van der Waals surface area contributed by atoms with Gasteiger partial charge in [0.1, 0.15) is 17.9 Å². The maximum Gasteiger partial charge on any atom is 0.323 e. The molecule has 3 N–H and O–H groups in total. The van der Waals surface area contributed by atoms with Crippen LogP contribution in [-0.4, -0.2) is 30.2 Å². The highest BCUT2D eigenvalue weighted by atomic mass is 16.5. The molecule has 0 saturated heterocycles. The van der Waals surface area contributed by atoms with Gasteiger partial charge < -0.3 is 20.3 Å². The van der Waals surface area contributed by atoms with Crippen LogP contribution < -0.4 is 10.5 Å². The van der Waals surface area contributed by atoms with Gasteiger partial charge in [-0.3, -0.25) is 9.59 Å². The Morgan fingerprint density at radius 2 is 1.79 bits per heavy atom. The van der Waals surface area contributed by atoms with Crippen molar-refractivity contribution in [3.8, 4) is 5.75 Å². The third-order valence-corrected chi connectivity index (χ3v) is 5.84. The van der Waals surface area contributed by atoms with Crippen LogP contribution in [0.25, 0.3) is 10.8 Å². The van der Waals surface area contributed by atoms with Crippen LogP contribution >= 0.6 is 0 Å². The Hall–Kier alpha value is -3.38. The van der Waals surface area contributed by atoms with Gasteiger partial charge in [-0.1, -0.05) is 61.9 Å². The van der Waals surface area contributed by atoms with Crippen molar-refractivity contribution >= 4 is 22.7 Å². The predicted octanol–water partition coefficient (Wildman–Crippen LogP) is 4.99. The molecular formula is C27H31NO5. The highest BCUT2D eigenvalue weighted by molar-refractivity contribution is 5.90. The molecule has 174 valence electrons. The minimum Gasteiger partial charge on any atom is -0.497 e. The number of carbonyl (C=O) groups is 2. The van der Waals surface area contributed by atoms with Crippen LogP contribution in [0, 0.1) is 0 Å². The molecule has 3 atom stereocenters. The molecule has 6 nitrogen and oxygen atoms in total. The average molecular weight is 450 g/mol. The number of nitrogens with two attached hydrogens (primary N) is 1. The molecule has 6 heteroatoms. The minimum absolute atomic E-state index is 0.378. The summed E-state index contributed by atoms with van der Waals surface area (Å²) in [6, 6.07) is 18.1. The van der Waals surface area contributed by atoms with E-state index in [0.29, 0.717) is 24.2 Å². The molecule has 0 spiro atoms. The molecule has 3 rings (SSSR count). The molecule has 0 aromatic heterocycles. The van der Waals surface area contributed by atoms with Crippen LogP contribution in [0.1, 0.15) is 55.4 Å². The fourth-order valence-electron chi connectivity index (χ4n) is 3.89. The van der Waals surface area contributed by atoms with Gasteiger partial charge in [-0.05, 0) is 53.8 Å². The first-order valence-corrected chi connectivity index (χ1v) is 11.2. The molecule has 3 aromatic carbocycles. The number of esters is 1. The van der Waals surface area contributed by atoms with E-state index < -0.39 is 30.0 Å². The number of aliphatic carboxylic acids is 1. The number of methoxy groups -OCH3 is 1. The molecule has 0 saturated carbocycles. The SMILES string of the molecule is CCCC(OC(=O)[C@@H](N)Cc1ccccc1)c1cc(C(C)C(=O)O)cc2ccc(OC)cc12. The fraction of sp³-hybridized carbons (Fsp3) is 0.333. The molecule has 0 radical (unpaired) electrons. The van der Waals surface area contributed by atoms with Crippen LogP contribution in [0.5, 0.6) is 5.75 Å². The van der Waals surface area contributed by atoms with Gasteiger partial charge in [0.05, 0.1) is 13.0 Å². The summed E-state index contributed by atoms with van der Waals surface area (Å²) in [6.45, 7) is 3.66.